The average Bonchev–Trinajstić information content (AvgIpc) is 3.21. The van der Waals surface area contributed by atoms with Crippen LogP contribution in [-0.4, -0.2) is 18.5 Å². The molecule has 3 aromatic rings. The molecule has 6 nitrogen and oxygen atoms in total. The maximum Gasteiger partial charge on any atom is 0.340 e. The van der Waals surface area contributed by atoms with Gasteiger partial charge in [0.15, 0.2) is 18.2 Å². The Hall–Kier alpha value is -3.68. The molecule has 0 fully saturated rings. The number of nitrogens with one attached hydrogen (secondary N) is 2. The van der Waals surface area contributed by atoms with E-state index in [-0.39, 0.29) is 11.3 Å². The second-order valence-electron chi connectivity index (χ2n) is 5.73. The molecule has 0 spiro atoms. The summed E-state index contributed by atoms with van der Waals surface area (Å²) in [5.41, 5.74) is 0.820. The van der Waals surface area contributed by atoms with Crippen molar-refractivity contribution in [2.45, 2.75) is 6.54 Å². The zero-order valence-electron chi connectivity index (χ0n) is 14.6. The van der Waals surface area contributed by atoms with E-state index in [1.54, 1.807) is 42.7 Å². The topological polar surface area (TPSA) is 80.6 Å². The lowest BCUT2D eigenvalue weighted by Crippen LogP contribution is -2.21. The Labute approximate surface area is 159 Å². The van der Waals surface area contributed by atoms with Gasteiger partial charge in [0.05, 0.1) is 18.4 Å². The number of halogens is 2. The van der Waals surface area contributed by atoms with Crippen LogP contribution in [0.15, 0.2) is 65.3 Å². The molecule has 144 valence electrons. The number of benzene rings is 2. The van der Waals surface area contributed by atoms with Crippen LogP contribution in [0.5, 0.6) is 0 Å². The predicted molar refractivity (Wildman–Crippen MR) is 97.7 cm³/mol. The number of carbonyl (C=O) groups excluding carboxylic acids is 2. The summed E-state index contributed by atoms with van der Waals surface area (Å²) in [6, 6.07) is 13.1. The molecule has 1 amide bonds. The first-order valence-electron chi connectivity index (χ1n) is 8.30. The second kappa shape index (κ2) is 8.81. The fourth-order valence-electron chi connectivity index (χ4n) is 2.39. The Kier molecular flexibility index (Phi) is 6.01. The van der Waals surface area contributed by atoms with Gasteiger partial charge in [-0.15, -0.1) is 0 Å². The summed E-state index contributed by atoms with van der Waals surface area (Å²) in [4.78, 5) is 24.2. The average molecular weight is 386 g/mol. The van der Waals surface area contributed by atoms with Crippen molar-refractivity contribution >= 4 is 23.3 Å². The minimum Gasteiger partial charge on any atom is -0.467 e. The van der Waals surface area contributed by atoms with Gasteiger partial charge in [0, 0.05) is 17.4 Å². The number of hydrogen-bond acceptors (Lipinski definition) is 5. The lowest BCUT2D eigenvalue weighted by Gasteiger charge is -2.11. The number of ether oxygens (including phenoxy) is 1. The van der Waals surface area contributed by atoms with Crippen LogP contribution in [-0.2, 0) is 16.1 Å². The summed E-state index contributed by atoms with van der Waals surface area (Å²) in [7, 11) is 0. The van der Waals surface area contributed by atoms with Crippen LogP contribution in [0.4, 0.5) is 20.2 Å². The lowest BCUT2D eigenvalue weighted by atomic mass is 10.2. The molecule has 0 radical (unpaired) electrons. The molecular formula is C20H16F2N2O4. The molecule has 3 rings (SSSR count). The van der Waals surface area contributed by atoms with Gasteiger partial charge in [-0.2, -0.15) is 0 Å². The minimum atomic E-state index is -1.09. The van der Waals surface area contributed by atoms with Gasteiger partial charge < -0.3 is 19.8 Å². The number of amides is 1. The van der Waals surface area contributed by atoms with E-state index in [1.165, 1.54) is 6.07 Å². The van der Waals surface area contributed by atoms with Gasteiger partial charge in [-0.25, -0.2) is 13.6 Å². The Morgan fingerprint density at radius 1 is 1.00 bits per heavy atom. The van der Waals surface area contributed by atoms with Crippen LogP contribution >= 0.6 is 0 Å². The van der Waals surface area contributed by atoms with Crippen LogP contribution < -0.4 is 10.6 Å². The molecule has 0 saturated carbocycles. The van der Waals surface area contributed by atoms with Crippen molar-refractivity contribution in [2.24, 2.45) is 0 Å². The number of esters is 1. The first-order valence-corrected chi connectivity index (χ1v) is 8.30. The molecule has 0 aliphatic rings. The number of anilines is 2. The van der Waals surface area contributed by atoms with Crippen LogP contribution in [0.2, 0.25) is 0 Å². The van der Waals surface area contributed by atoms with Gasteiger partial charge >= 0.3 is 5.97 Å². The molecule has 0 saturated heterocycles. The number of carbonyl (C=O) groups is 2. The van der Waals surface area contributed by atoms with Crippen molar-refractivity contribution in [1.82, 2.24) is 0 Å². The maximum atomic E-state index is 13.2. The van der Waals surface area contributed by atoms with Crippen molar-refractivity contribution < 1.29 is 27.5 Å². The molecule has 0 aliphatic carbocycles. The third-order valence-electron chi connectivity index (χ3n) is 3.72. The van der Waals surface area contributed by atoms with Crippen LogP contribution in [0.1, 0.15) is 16.1 Å². The van der Waals surface area contributed by atoms with E-state index in [0.29, 0.717) is 18.0 Å². The van der Waals surface area contributed by atoms with Crippen LogP contribution in [0.25, 0.3) is 0 Å². The first kappa shape index (κ1) is 19.1. The molecule has 8 heteroatoms. The van der Waals surface area contributed by atoms with E-state index in [0.717, 1.165) is 12.1 Å². The smallest absolute Gasteiger partial charge is 0.340 e. The summed E-state index contributed by atoms with van der Waals surface area (Å²) in [5.74, 6) is -2.81. The van der Waals surface area contributed by atoms with E-state index in [4.69, 9.17) is 9.15 Å². The fraction of sp³-hybridized carbons (Fsp3) is 0.100. The molecule has 1 aromatic heterocycles. The summed E-state index contributed by atoms with van der Waals surface area (Å²) in [6.45, 7) is -0.210. The third kappa shape index (κ3) is 4.94. The number of hydrogen-bond donors (Lipinski definition) is 2. The van der Waals surface area contributed by atoms with E-state index in [9.17, 15) is 18.4 Å². The van der Waals surface area contributed by atoms with Gasteiger partial charge in [0.25, 0.3) is 5.91 Å². The minimum absolute atomic E-state index is 0.0560. The molecule has 0 unspecified atom stereocenters. The largest absolute Gasteiger partial charge is 0.467 e. The van der Waals surface area contributed by atoms with Crippen molar-refractivity contribution in [3.05, 3.63) is 83.8 Å². The van der Waals surface area contributed by atoms with Crippen molar-refractivity contribution in [3.63, 3.8) is 0 Å². The Bertz CT molecular complexity index is 974. The highest BCUT2D eigenvalue weighted by molar-refractivity contribution is 5.98. The van der Waals surface area contributed by atoms with Crippen molar-refractivity contribution in [2.75, 3.05) is 17.2 Å². The van der Waals surface area contributed by atoms with Crippen molar-refractivity contribution in [3.8, 4) is 0 Å². The Morgan fingerprint density at radius 3 is 2.57 bits per heavy atom. The van der Waals surface area contributed by atoms with Gasteiger partial charge in [-0.05, 0) is 36.4 Å². The van der Waals surface area contributed by atoms with E-state index < -0.39 is 30.1 Å². The lowest BCUT2D eigenvalue weighted by molar-refractivity contribution is -0.119. The van der Waals surface area contributed by atoms with E-state index >= 15 is 0 Å². The monoisotopic (exact) mass is 386 g/mol. The molecule has 2 N–H and O–H groups in total. The molecule has 0 atom stereocenters. The van der Waals surface area contributed by atoms with E-state index in [2.05, 4.69) is 10.6 Å². The highest BCUT2D eigenvalue weighted by atomic mass is 19.2. The first-order chi connectivity index (χ1) is 13.5. The molecule has 0 aliphatic heterocycles. The standard InChI is InChI=1S/C20H16F2N2O4/c21-16-8-7-13(10-17(16)22)24-19(25)12-28-20(26)15-5-1-2-6-18(15)23-11-14-4-3-9-27-14/h1-10,23H,11-12H2,(H,24,25). The maximum absolute atomic E-state index is 13.2. The fourth-order valence-corrected chi connectivity index (χ4v) is 2.39. The summed E-state index contributed by atoms with van der Waals surface area (Å²) in [5, 5.41) is 5.39. The summed E-state index contributed by atoms with van der Waals surface area (Å²) < 4.78 is 36.3. The molecule has 28 heavy (non-hydrogen) atoms. The highest BCUT2D eigenvalue weighted by Crippen LogP contribution is 2.18. The predicted octanol–water partition coefficient (Wildman–Crippen LogP) is 3.97. The molecule has 1 heterocycles. The number of rotatable bonds is 7. The summed E-state index contributed by atoms with van der Waals surface area (Å²) in [6.07, 6.45) is 1.54. The van der Waals surface area contributed by atoms with Crippen LogP contribution in [0, 0.1) is 11.6 Å². The molecule has 0 bridgehead atoms. The highest BCUT2D eigenvalue weighted by Gasteiger charge is 2.15. The van der Waals surface area contributed by atoms with Crippen molar-refractivity contribution in [1.29, 1.82) is 0 Å². The van der Waals surface area contributed by atoms with Crippen LogP contribution in [0.3, 0.4) is 0 Å². The zero-order chi connectivity index (χ0) is 19.9. The quantitative estimate of drug-likeness (QED) is 0.601. The Morgan fingerprint density at radius 2 is 1.82 bits per heavy atom. The zero-order valence-corrected chi connectivity index (χ0v) is 14.6. The SMILES string of the molecule is O=C(COC(=O)c1ccccc1NCc1ccco1)Nc1ccc(F)c(F)c1. The van der Waals surface area contributed by atoms with Gasteiger partial charge in [0.2, 0.25) is 0 Å². The molecular weight excluding hydrogens is 370 g/mol. The third-order valence-corrected chi connectivity index (χ3v) is 3.72. The van der Waals surface area contributed by atoms with Gasteiger partial charge in [-0.3, -0.25) is 4.79 Å². The van der Waals surface area contributed by atoms with Gasteiger partial charge in [0.1, 0.15) is 5.76 Å². The Balaban J connectivity index is 1.57. The number of para-hydroxylation sites is 1. The van der Waals surface area contributed by atoms with Gasteiger partial charge in [-0.1, -0.05) is 12.1 Å². The second-order valence-corrected chi connectivity index (χ2v) is 5.73. The van der Waals surface area contributed by atoms with E-state index in [1.807, 2.05) is 0 Å². The molecule has 2 aromatic carbocycles. The number of furan rings is 1. The normalized spacial score (nSPS) is 10.4. The summed E-state index contributed by atoms with van der Waals surface area (Å²) >= 11 is 0.